The number of aliphatic hydroxyl groups excluding tert-OH is 1. The van der Waals surface area contributed by atoms with Gasteiger partial charge in [0.15, 0.2) is 0 Å². The molecule has 2 rings (SSSR count). The third kappa shape index (κ3) is 2.97. The zero-order valence-electron chi connectivity index (χ0n) is 10.7. The van der Waals surface area contributed by atoms with Crippen LogP contribution in [0.5, 0.6) is 0 Å². The van der Waals surface area contributed by atoms with Crippen molar-refractivity contribution in [3.8, 4) is 0 Å². The Kier molecular flexibility index (Phi) is 4.04. The SMILES string of the molecule is O=C(O)NC1CCN(c2cc(CO)ccc2[N+](=O)[O-])C1. The number of aliphatic hydroxyl groups is 1. The van der Waals surface area contributed by atoms with Crippen LogP contribution in [0, 0.1) is 10.1 Å². The van der Waals surface area contributed by atoms with Crippen LogP contribution >= 0.6 is 0 Å². The normalized spacial score (nSPS) is 18.1. The standard InChI is InChI=1S/C12H15N3O5/c16-7-8-1-2-10(15(19)20)11(5-8)14-4-3-9(6-14)13-12(17)18/h1-2,5,9,13,16H,3-4,6-7H2,(H,17,18). The molecule has 0 aliphatic carbocycles. The monoisotopic (exact) mass is 281 g/mol. The molecule has 0 saturated carbocycles. The molecular weight excluding hydrogens is 266 g/mol. The number of nitrogens with zero attached hydrogens (tertiary/aromatic N) is 2. The maximum absolute atomic E-state index is 11.0. The van der Waals surface area contributed by atoms with Crippen molar-refractivity contribution in [3.63, 3.8) is 0 Å². The van der Waals surface area contributed by atoms with Gasteiger partial charge in [-0.05, 0) is 24.1 Å². The minimum atomic E-state index is -1.10. The first-order chi connectivity index (χ1) is 9.51. The Hall–Kier alpha value is -2.35. The molecule has 8 heteroatoms. The number of carboxylic acid groups (broad SMARTS) is 1. The van der Waals surface area contributed by atoms with E-state index in [4.69, 9.17) is 10.2 Å². The van der Waals surface area contributed by atoms with Crippen molar-refractivity contribution in [3.05, 3.63) is 33.9 Å². The molecule has 1 aliphatic heterocycles. The van der Waals surface area contributed by atoms with Crippen LogP contribution in [0.25, 0.3) is 0 Å². The Bertz CT molecular complexity index is 534. The molecule has 20 heavy (non-hydrogen) atoms. The number of hydrogen-bond acceptors (Lipinski definition) is 5. The Labute approximate surface area is 114 Å². The minimum absolute atomic E-state index is 0.0434. The first-order valence-corrected chi connectivity index (χ1v) is 6.14. The highest BCUT2D eigenvalue weighted by molar-refractivity contribution is 5.67. The van der Waals surface area contributed by atoms with Gasteiger partial charge in [-0.3, -0.25) is 10.1 Å². The number of benzene rings is 1. The summed E-state index contributed by atoms with van der Waals surface area (Å²) >= 11 is 0. The van der Waals surface area contributed by atoms with Gasteiger partial charge < -0.3 is 20.4 Å². The minimum Gasteiger partial charge on any atom is -0.465 e. The molecule has 1 aromatic carbocycles. The van der Waals surface area contributed by atoms with E-state index in [1.165, 1.54) is 12.1 Å². The Morgan fingerprint density at radius 2 is 2.30 bits per heavy atom. The van der Waals surface area contributed by atoms with Crippen molar-refractivity contribution in [2.45, 2.75) is 19.1 Å². The number of carbonyl (C=O) groups is 1. The fourth-order valence-electron chi connectivity index (χ4n) is 2.35. The maximum Gasteiger partial charge on any atom is 0.404 e. The maximum atomic E-state index is 11.0. The second kappa shape index (κ2) is 5.74. The summed E-state index contributed by atoms with van der Waals surface area (Å²) in [6.45, 7) is 0.707. The summed E-state index contributed by atoms with van der Waals surface area (Å²) in [6, 6.07) is 4.19. The van der Waals surface area contributed by atoms with Crippen molar-refractivity contribution in [1.29, 1.82) is 0 Å². The number of anilines is 1. The molecule has 1 atom stereocenters. The van der Waals surface area contributed by atoms with E-state index in [1.807, 2.05) is 0 Å². The van der Waals surface area contributed by atoms with E-state index in [-0.39, 0.29) is 18.3 Å². The number of rotatable bonds is 4. The van der Waals surface area contributed by atoms with E-state index in [0.717, 1.165) is 0 Å². The van der Waals surface area contributed by atoms with Gasteiger partial charge in [-0.2, -0.15) is 0 Å². The Morgan fingerprint density at radius 3 is 2.90 bits per heavy atom. The summed E-state index contributed by atoms with van der Waals surface area (Å²) in [4.78, 5) is 22.9. The average Bonchev–Trinajstić information content (AvgIpc) is 2.85. The molecule has 3 N–H and O–H groups in total. The van der Waals surface area contributed by atoms with Crippen molar-refractivity contribution >= 4 is 17.5 Å². The zero-order chi connectivity index (χ0) is 14.7. The molecule has 0 radical (unpaired) electrons. The molecule has 1 amide bonds. The van der Waals surface area contributed by atoms with Crippen LogP contribution in [0.15, 0.2) is 18.2 Å². The molecule has 1 fully saturated rings. The van der Waals surface area contributed by atoms with Crippen molar-refractivity contribution in [1.82, 2.24) is 5.32 Å². The van der Waals surface area contributed by atoms with Crippen molar-refractivity contribution in [2.24, 2.45) is 0 Å². The largest absolute Gasteiger partial charge is 0.465 e. The highest BCUT2D eigenvalue weighted by atomic mass is 16.6. The molecule has 0 aromatic heterocycles. The van der Waals surface area contributed by atoms with Gasteiger partial charge in [0.25, 0.3) is 5.69 Å². The third-order valence-electron chi connectivity index (χ3n) is 3.28. The second-order valence-electron chi connectivity index (χ2n) is 4.62. The lowest BCUT2D eigenvalue weighted by molar-refractivity contribution is -0.384. The molecule has 0 bridgehead atoms. The van der Waals surface area contributed by atoms with Crippen LogP contribution in [0.3, 0.4) is 0 Å². The molecule has 1 heterocycles. The summed E-state index contributed by atoms with van der Waals surface area (Å²) in [7, 11) is 0. The van der Waals surface area contributed by atoms with E-state index in [0.29, 0.717) is 30.8 Å². The molecule has 1 unspecified atom stereocenters. The summed E-state index contributed by atoms with van der Waals surface area (Å²) in [5.74, 6) is 0. The highest BCUT2D eigenvalue weighted by Gasteiger charge is 2.28. The van der Waals surface area contributed by atoms with Crippen molar-refractivity contribution in [2.75, 3.05) is 18.0 Å². The van der Waals surface area contributed by atoms with Crippen LogP contribution in [0.2, 0.25) is 0 Å². The molecule has 1 aliphatic rings. The van der Waals surface area contributed by atoms with Crippen LogP contribution in [0.1, 0.15) is 12.0 Å². The molecule has 108 valence electrons. The van der Waals surface area contributed by atoms with Gasteiger partial charge in [0.05, 0.1) is 17.6 Å². The van der Waals surface area contributed by atoms with Gasteiger partial charge in [0.2, 0.25) is 0 Å². The lowest BCUT2D eigenvalue weighted by Gasteiger charge is -2.19. The fourth-order valence-corrected chi connectivity index (χ4v) is 2.35. The lowest BCUT2D eigenvalue weighted by atomic mass is 10.1. The van der Waals surface area contributed by atoms with E-state index < -0.39 is 11.0 Å². The molecule has 1 aromatic rings. The quantitative estimate of drug-likeness (QED) is 0.558. The van der Waals surface area contributed by atoms with E-state index in [9.17, 15) is 14.9 Å². The average molecular weight is 281 g/mol. The highest BCUT2D eigenvalue weighted by Crippen LogP contribution is 2.31. The molecule has 1 saturated heterocycles. The van der Waals surface area contributed by atoms with Gasteiger partial charge >= 0.3 is 6.09 Å². The molecular formula is C12H15N3O5. The van der Waals surface area contributed by atoms with Crippen LogP contribution in [-0.4, -0.2) is 40.4 Å². The predicted octanol–water partition coefficient (Wildman–Crippen LogP) is 0.933. The number of amides is 1. The van der Waals surface area contributed by atoms with Crippen LogP contribution in [-0.2, 0) is 6.61 Å². The first-order valence-electron chi connectivity index (χ1n) is 6.14. The van der Waals surface area contributed by atoms with Crippen molar-refractivity contribution < 1.29 is 19.9 Å². The number of nitro benzene ring substituents is 1. The third-order valence-corrected chi connectivity index (χ3v) is 3.28. The number of nitro groups is 1. The van der Waals surface area contributed by atoms with Gasteiger partial charge in [-0.1, -0.05) is 0 Å². The summed E-state index contributed by atoms with van der Waals surface area (Å²) in [5.41, 5.74) is 0.953. The summed E-state index contributed by atoms with van der Waals surface area (Å²) < 4.78 is 0. The van der Waals surface area contributed by atoms with Gasteiger partial charge in [0, 0.05) is 19.2 Å². The topological polar surface area (TPSA) is 116 Å². The Morgan fingerprint density at radius 1 is 1.55 bits per heavy atom. The molecule has 0 spiro atoms. The number of hydrogen-bond donors (Lipinski definition) is 3. The molecule has 8 nitrogen and oxygen atoms in total. The van der Waals surface area contributed by atoms with Gasteiger partial charge in [-0.15, -0.1) is 0 Å². The Balaban J connectivity index is 2.23. The van der Waals surface area contributed by atoms with E-state index in [2.05, 4.69) is 5.32 Å². The van der Waals surface area contributed by atoms with E-state index >= 15 is 0 Å². The van der Waals surface area contributed by atoms with Crippen LogP contribution < -0.4 is 10.2 Å². The lowest BCUT2D eigenvalue weighted by Crippen LogP contribution is -2.36. The van der Waals surface area contributed by atoms with Crippen LogP contribution in [0.4, 0.5) is 16.2 Å². The summed E-state index contributed by atoms with van der Waals surface area (Å²) in [5, 5.41) is 31.2. The van der Waals surface area contributed by atoms with Gasteiger partial charge in [-0.25, -0.2) is 4.79 Å². The first kappa shape index (κ1) is 14.1. The van der Waals surface area contributed by atoms with Gasteiger partial charge in [0.1, 0.15) is 5.69 Å². The zero-order valence-corrected chi connectivity index (χ0v) is 10.7. The summed E-state index contributed by atoms with van der Waals surface area (Å²) in [6.07, 6.45) is -0.511. The smallest absolute Gasteiger partial charge is 0.404 e. The number of nitrogens with one attached hydrogen (secondary N) is 1. The van der Waals surface area contributed by atoms with E-state index in [1.54, 1.807) is 11.0 Å². The fraction of sp³-hybridized carbons (Fsp3) is 0.417. The second-order valence-corrected chi connectivity index (χ2v) is 4.62. The predicted molar refractivity (Wildman–Crippen MR) is 70.8 cm³/mol.